The molecule has 0 heterocycles. The van der Waals surface area contributed by atoms with Gasteiger partial charge >= 0.3 is 0 Å². The Morgan fingerprint density at radius 3 is 2.19 bits per heavy atom. The van der Waals surface area contributed by atoms with Crippen molar-refractivity contribution in [3.05, 3.63) is 84.9 Å². The van der Waals surface area contributed by atoms with Crippen molar-refractivity contribution in [2.75, 3.05) is 5.32 Å². The van der Waals surface area contributed by atoms with Crippen LogP contribution < -0.4 is 5.32 Å². The summed E-state index contributed by atoms with van der Waals surface area (Å²) in [6, 6.07) is 28.0. The number of amides is 1. The van der Waals surface area contributed by atoms with Gasteiger partial charge < -0.3 is 5.32 Å². The lowest BCUT2D eigenvalue weighted by molar-refractivity contribution is -0.115. The molecule has 0 aliphatic carbocycles. The molecule has 0 aromatic heterocycles. The quantitative estimate of drug-likeness (QED) is 0.475. The summed E-state index contributed by atoms with van der Waals surface area (Å²) in [5, 5.41) is 7.35. The summed E-state index contributed by atoms with van der Waals surface area (Å²) in [4.78, 5) is 16.8. The molecule has 0 aliphatic heterocycles. The highest BCUT2D eigenvalue weighted by Crippen LogP contribution is 2.25. The van der Waals surface area contributed by atoms with Crippen molar-refractivity contribution in [3.8, 4) is 0 Å². The van der Waals surface area contributed by atoms with Gasteiger partial charge in [-0.15, -0.1) is 0 Å². The molecule has 4 aromatic carbocycles. The summed E-state index contributed by atoms with van der Waals surface area (Å²) in [6.45, 7) is 0. The first-order valence-corrected chi connectivity index (χ1v) is 8.59. The monoisotopic (exact) mass is 338 g/mol. The molecular formula is C23H18N2O. The van der Waals surface area contributed by atoms with Crippen molar-refractivity contribution in [1.29, 1.82) is 0 Å². The van der Waals surface area contributed by atoms with Gasteiger partial charge in [-0.25, -0.2) is 0 Å². The van der Waals surface area contributed by atoms with E-state index in [9.17, 15) is 4.79 Å². The number of hydrogen-bond acceptors (Lipinski definition) is 2. The smallest absolute Gasteiger partial charge is 0.229 e. The molecule has 3 nitrogen and oxygen atoms in total. The zero-order chi connectivity index (χ0) is 17.8. The van der Waals surface area contributed by atoms with Crippen molar-refractivity contribution >= 4 is 45.0 Å². The zero-order valence-corrected chi connectivity index (χ0v) is 14.2. The molecule has 4 aromatic rings. The van der Waals surface area contributed by atoms with Gasteiger partial charge in [0.2, 0.25) is 5.91 Å². The Balaban J connectivity index is 1.49. The Morgan fingerprint density at radius 1 is 0.769 bits per heavy atom. The van der Waals surface area contributed by atoms with Crippen LogP contribution in [0.4, 0.5) is 11.4 Å². The van der Waals surface area contributed by atoms with E-state index in [1.54, 1.807) is 6.21 Å². The average molecular weight is 338 g/mol. The van der Waals surface area contributed by atoms with Gasteiger partial charge in [-0.05, 0) is 22.9 Å². The van der Waals surface area contributed by atoms with Crippen LogP contribution in [0, 0.1) is 0 Å². The fourth-order valence-electron chi connectivity index (χ4n) is 3.08. The minimum atomic E-state index is -0.0784. The van der Waals surface area contributed by atoms with Gasteiger partial charge in [-0.1, -0.05) is 72.8 Å². The number of aliphatic imine (C=N–C) groups is 1. The summed E-state index contributed by atoms with van der Waals surface area (Å²) < 4.78 is 0. The molecule has 0 unspecified atom stereocenters. The van der Waals surface area contributed by atoms with Gasteiger partial charge in [0.25, 0.3) is 0 Å². The Bertz CT molecular complexity index is 1100. The fraction of sp³-hybridized carbons (Fsp3) is 0.0435. The van der Waals surface area contributed by atoms with Crippen molar-refractivity contribution < 1.29 is 4.79 Å². The number of fused-ring (bicyclic) bond motifs is 2. The van der Waals surface area contributed by atoms with E-state index in [0.29, 0.717) is 0 Å². The third kappa shape index (κ3) is 3.33. The summed E-state index contributed by atoms with van der Waals surface area (Å²) in [7, 11) is 0. The number of nitrogens with one attached hydrogen (secondary N) is 1. The Hall–Kier alpha value is -3.46. The van der Waals surface area contributed by atoms with Crippen LogP contribution in [0.2, 0.25) is 0 Å². The van der Waals surface area contributed by atoms with Crippen molar-refractivity contribution in [2.24, 2.45) is 4.99 Å². The predicted molar refractivity (Wildman–Crippen MR) is 109 cm³/mol. The molecule has 0 aliphatic rings. The van der Waals surface area contributed by atoms with Gasteiger partial charge in [0, 0.05) is 22.7 Å². The number of benzene rings is 4. The van der Waals surface area contributed by atoms with Crippen molar-refractivity contribution in [1.82, 2.24) is 0 Å². The predicted octanol–water partition coefficient (Wildman–Crippen LogP) is 5.72. The lowest BCUT2D eigenvalue weighted by Gasteiger charge is -2.07. The molecule has 26 heavy (non-hydrogen) atoms. The largest absolute Gasteiger partial charge is 0.325 e. The summed E-state index contributed by atoms with van der Waals surface area (Å²) in [5.74, 6) is -0.0784. The Labute approximate surface area is 152 Å². The van der Waals surface area contributed by atoms with E-state index in [0.717, 1.165) is 32.9 Å². The number of rotatable bonds is 4. The van der Waals surface area contributed by atoms with E-state index >= 15 is 0 Å². The number of anilines is 1. The maximum absolute atomic E-state index is 12.3. The molecule has 1 N–H and O–H groups in total. The Morgan fingerprint density at radius 2 is 1.38 bits per heavy atom. The molecule has 3 heteroatoms. The van der Waals surface area contributed by atoms with E-state index in [-0.39, 0.29) is 12.3 Å². The number of carbonyl (C=O) groups excluding carboxylic acids is 1. The fourth-order valence-corrected chi connectivity index (χ4v) is 3.08. The standard InChI is InChI=1S/C23H18N2O/c26-23(25-22-14-6-10-18-8-2-4-12-20(18)22)15-16-24-21-13-5-9-17-7-1-3-11-19(17)21/h1-14,16H,15H2,(H,25,26). The van der Waals surface area contributed by atoms with Crippen LogP contribution in [0.25, 0.3) is 21.5 Å². The van der Waals surface area contributed by atoms with Gasteiger partial charge in [0.15, 0.2) is 0 Å². The first kappa shape index (κ1) is 16.0. The van der Waals surface area contributed by atoms with Crippen molar-refractivity contribution in [2.45, 2.75) is 6.42 Å². The van der Waals surface area contributed by atoms with Crippen molar-refractivity contribution in [3.63, 3.8) is 0 Å². The molecule has 0 atom stereocenters. The minimum Gasteiger partial charge on any atom is -0.325 e. The number of carbonyl (C=O) groups is 1. The molecule has 0 saturated carbocycles. The van der Waals surface area contributed by atoms with Crippen LogP contribution >= 0.6 is 0 Å². The minimum absolute atomic E-state index is 0.0784. The molecule has 0 bridgehead atoms. The first-order valence-electron chi connectivity index (χ1n) is 8.59. The van der Waals surface area contributed by atoms with E-state index in [1.807, 2.05) is 72.8 Å². The lowest BCUT2D eigenvalue weighted by Crippen LogP contribution is -2.11. The SMILES string of the molecule is O=C(CC=Nc1cccc2ccccc12)Nc1cccc2ccccc12. The molecule has 1 amide bonds. The topological polar surface area (TPSA) is 41.5 Å². The van der Waals surface area contributed by atoms with E-state index < -0.39 is 0 Å². The van der Waals surface area contributed by atoms with Crippen LogP contribution in [-0.2, 0) is 4.79 Å². The summed E-state index contributed by atoms with van der Waals surface area (Å²) >= 11 is 0. The van der Waals surface area contributed by atoms with Crippen LogP contribution in [0.5, 0.6) is 0 Å². The van der Waals surface area contributed by atoms with E-state index in [2.05, 4.69) is 22.4 Å². The second-order valence-electron chi connectivity index (χ2n) is 6.09. The molecule has 126 valence electrons. The van der Waals surface area contributed by atoms with Gasteiger partial charge in [0.1, 0.15) is 0 Å². The second-order valence-corrected chi connectivity index (χ2v) is 6.09. The lowest BCUT2D eigenvalue weighted by atomic mass is 10.1. The molecule has 0 radical (unpaired) electrons. The van der Waals surface area contributed by atoms with Crippen LogP contribution in [-0.4, -0.2) is 12.1 Å². The van der Waals surface area contributed by atoms with Gasteiger partial charge in [-0.2, -0.15) is 0 Å². The van der Waals surface area contributed by atoms with E-state index in [1.165, 1.54) is 0 Å². The van der Waals surface area contributed by atoms with Crippen LogP contribution in [0.3, 0.4) is 0 Å². The zero-order valence-electron chi connectivity index (χ0n) is 14.2. The maximum Gasteiger partial charge on any atom is 0.229 e. The van der Waals surface area contributed by atoms with Gasteiger partial charge in [-0.3, -0.25) is 9.79 Å². The third-order valence-electron chi connectivity index (χ3n) is 4.34. The summed E-state index contributed by atoms with van der Waals surface area (Å²) in [6.07, 6.45) is 1.90. The Kier molecular flexibility index (Phi) is 4.44. The average Bonchev–Trinajstić information content (AvgIpc) is 2.68. The van der Waals surface area contributed by atoms with E-state index in [4.69, 9.17) is 0 Å². The van der Waals surface area contributed by atoms with Gasteiger partial charge in [0.05, 0.1) is 12.1 Å². The third-order valence-corrected chi connectivity index (χ3v) is 4.34. The normalized spacial score (nSPS) is 11.2. The molecule has 0 spiro atoms. The summed E-state index contributed by atoms with van der Waals surface area (Å²) in [5.41, 5.74) is 1.70. The highest BCUT2D eigenvalue weighted by molar-refractivity contribution is 6.06. The van der Waals surface area contributed by atoms with Crippen LogP contribution in [0.15, 0.2) is 89.9 Å². The number of nitrogens with zero attached hydrogens (tertiary/aromatic N) is 1. The molecule has 0 saturated heterocycles. The van der Waals surface area contributed by atoms with Crippen LogP contribution in [0.1, 0.15) is 6.42 Å². The highest BCUT2D eigenvalue weighted by atomic mass is 16.1. The molecule has 4 rings (SSSR count). The first-order chi connectivity index (χ1) is 12.8. The maximum atomic E-state index is 12.3. The molecular weight excluding hydrogens is 320 g/mol. The molecule has 0 fully saturated rings. The number of hydrogen-bond donors (Lipinski definition) is 1. The second kappa shape index (κ2) is 7.19. The highest BCUT2D eigenvalue weighted by Gasteiger charge is 2.04.